The maximum Gasteiger partial charge on any atom is 0.332 e. The number of hydrogen-bond acceptors (Lipinski definition) is 3. The molecule has 0 aliphatic heterocycles. The third kappa shape index (κ3) is 1.61. The molecule has 0 N–H and O–H groups in total. The lowest BCUT2D eigenvalue weighted by atomic mass is 10.3. The maximum absolute atomic E-state index is 12.0. The van der Waals surface area contributed by atoms with Crippen molar-refractivity contribution in [3.05, 3.63) is 57.4 Å². The van der Waals surface area contributed by atoms with E-state index in [2.05, 4.69) is 5.10 Å². The quantitative estimate of drug-likeness (QED) is 0.634. The first-order chi connectivity index (χ1) is 9.09. The van der Waals surface area contributed by atoms with Gasteiger partial charge >= 0.3 is 5.69 Å². The Balaban J connectivity index is 2.40. The number of nitrogens with zero attached hydrogens (tertiary/aromatic N) is 4. The van der Waals surface area contributed by atoms with Crippen LogP contribution in [0.3, 0.4) is 0 Å². The van der Waals surface area contributed by atoms with Crippen LogP contribution in [0.25, 0.3) is 16.7 Å². The van der Waals surface area contributed by atoms with Gasteiger partial charge in [0.2, 0.25) is 0 Å². The molecule has 0 aliphatic rings. The van der Waals surface area contributed by atoms with Gasteiger partial charge in [0, 0.05) is 20.3 Å². The molecule has 0 saturated carbocycles. The van der Waals surface area contributed by atoms with E-state index in [0.29, 0.717) is 11.0 Å². The molecule has 1 aromatic carbocycles. The topological polar surface area (TPSA) is 61.8 Å². The maximum atomic E-state index is 12.0. The summed E-state index contributed by atoms with van der Waals surface area (Å²) < 4.78 is 4.06. The molecule has 6 nitrogen and oxygen atoms in total. The van der Waals surface area contributed by atoms with Gasteiger partial charge in [-0.2, -0.15) is 0 Å². The van der Waals surface area contributed by atoms with E-state index in [1.165, 1.54) is 11.6 Å². The van der Waals surface area contributed by atoms with E-state index >= 15 is 0 Å². The summed E-state index contributed by atoms with van der Waals surface area (Å²) in [5, 5.41) is 4.74. The number of benzene rings is 1. The van der Waals surface area contributed by atoms with Gasteiger partial charge in [-0.1, -0.05) is 18.2 Å². The number of para-hydroxylation sites is 1. The predicted octanol–water partition coefficient (Wildman–Crippen LogP) is 0.423. The van der Waals surface area contributed by atoms with E-state index in [1.54, 1.807) is 17.9 Å². The molecule has 3 aromatic rings. The van der Waals surface area contributed by atoms with E-state index in [0.717, 1.165) is 10.3 Å². The van der Waals surface area contributed by atoms with Gasteiger partial charge in [0.1, 0.15) is 5.39 Å². The summed E-state index contributed by atoms with van der Waals surface area (Å²) in [4.78, 5) is 23.9. The summed E-state index contributed by atoms with van der Waals surface area (Å²) in [7, 11) is 3.07. The van der Waals surface area contributed by atoms with Crippen molar-refractivity contribution < 1.29 is 0 Å². The van der Waals surface area contributed by atoms with Crippen molar-refractivity contribution in [2.75, 3.05) is 0 Å². The molecule has 2 heterocycles. The highest BCUT2D eigenvalue weighted by Crippen LogP contribution is 2.10. The Kier molecular flexibility index (Phi) is 2.38. The average Bonchev–Trinajstić information content (AvgIpc) is 2.89. The summed E-state index contributed by atoms with van der Waals surface area (Å²) in [5.41, 5.74) is 0.515. The summed E-state index contributed by atoms with van der Waals surface area (Å²) in [6.45, 7) is 0. The van der Waals surface area contributed by atoms with Crippen molar-refractivity contribution in [3.8, 4) is 5.69 Å². The average molecular weight is 256 g/mol. The molecule has 19 heavy (non-hydrogen) atoms. The highest BCUT2D eigenvalue weighted by molar-refractivity contribution is 5.73. The molecule has 0 unspecified atom stereocenters. The summed E-state index contributed by atoms with van der Waals surface area (Å²) >= 11 is 0. The molecular weight excluding hydrogens is 244 g/mol. The van der Waals surface area contributed by atoms with E-state index in [1.807, 2.05) is 30.3 Å². The fourth-order valence-corrected chi connectivity index (χ4v) is 2.06. The first-order valence-electron chi connectivity index (χ1n) is 5.80. The van der Waals surface area contributed by atoms with E-state index in [9.17, 15) is 9.59 Å². The molecule has 0 amide bonds. The molecule has 0 bridgehead atoms. The minimum Gasteiger partial charge on any atom is -0.279 e. The largest absolute Gasteiger partial charge is 0.332 e. The second kappa shape index (κ2) is 3.94. The Morgan fingerprint density at radius 3 is 2.37 bits per heavy atom. The minimum absolute atomic E-state index is 0.333. The van der Waals surface area contributed by atoms with Crippen LogP contribution in [0, 0.1) is 0 Å². The fourth-order valence-electron chi connectivity index (χ4n) is 2.06. The standard InChI is InChI=1S/C13H12N4O2/c1-15-11-10(12(18)16(2)13(15)19)8-17(14-11)9-6-4-3-5-7-9/h3-8H,1-2H3. The smallest absolute Gasteiger partial charge is 0.279 e. The van der Waals surface area contributed by atoms with Crippen LogP contribution < -0.4 is 11.2 Å². The van der Waals surface area contributed by atoms with Crippen LogP contribution in [-0.4, -0.2) is 18.9 Å². The number of aromatic nitrogens is 4. The van der Waals surface area contributed by atoms with Crippen LogP contribution in [0.4, 0.5) is 0 Å². The second-order valence-corrected chi connectivity index (χ2v) is 4.35. The van der Waals surface area contributed by atoms with Crippen molar-refractivity contribution in [1.29, 1.82) is 0 Å². The van der Waals surface area contributed by atoms with Gasteiger partial charge in [-0.25, -0.2) is 9.48 Å². The molecule has 0 aliphatic carbocycles. The molecule has 0 atom stereocenters. The molecule has 6 heteroatoms. The Bertz CT molecular complexity index is 871. The zero-order valence-corrected chi connectivity index (χ0v) is 10.6. The monoisotopic (exact) mass is 256 g/mol. The van der Waals surface area contributed by atoms with Gasteiger partial charge in [0.05, 0.1) is 5.69 Å². The van der Waals surface area contributed by atoms with Crippen molar-refractivity contribution in [2.24, 2.45) is 14.1 Å². The lowest BCUT2D eigenvalue weighted by molar-refractivity contribution is 0.706. The normalized spacial score (nSPS) is 11.1. The van der Waals surface area contributed by atoms with Crippen LogP contribution in [0.2, 0.25) is 0 Å². The van der Waals surface area contributed by atoms with Gasteiger partial charge in [0.25, 0.3) is 5.56 Å². The number of rotatable bonds is 1. The Morgan fingerprint density at radius 2 is 1.68 bits per heavy atom. The van der Waals surface area contributed by atoms with Crippen LogP contribution >= 0.6 is 0 Å². The Labute approximate surface area is 108 Å². The van der Waals surface area contributed by atoms with Crippen molar-refractivity contribution in [1.82, 2.24) is 18.9 Å². The summed E-state index contributed by atoms with van der Waals surface area (Å²) in [6, 6.07) is 9.45. The molecule has 0 radical (unpaired) electrons. The van der Waals surface area contributed by atoms with Gasteiger partial charge < -0.3 is 0 Å². The zero-order valence-electron chi connectivity index (χ0n) is 10.6. The van der Waals surface area contributed by atoms with E-state index < -0.39 is 0 Å². The molecule has 0 fully saturated rings. The predicted molar refractivity (Wildman–Crippen MR) is 71.6 cm³/mol. The Hall–Kier alpha value is -2.63. The summed E-state index contributed by atoms with van der Waals surface area (Å²) in [6.07, 6.45) is 1.65. The zero-order chi connectivity index (χ0) is 13.6. The first kappa shape index (κ1) is 11.5. The van der Waals surface area contributed by atoms with E-state index in [-0.39, 0.29) is 11.2 Å². The highest BCUT2D eigenvalue weighted by atomic mass is 16.2. The van der Waals surface area contributed by atoms with Gasteiger partial charge in [-0.05, 0) is 12.1 Å². The molecule has 2 aromatic heterocycles. The number of hydrogen-bond donors (Lipinski definition) is 0. The van der Waals surface area contributed by atoms with Crippen LogP contribution in [-0.2, 0) is 14.1 Å². The molecule has 3 rings (SSSR count). The number of fused-ring (bicyclic) bond motifs is 1. The van der Waals surface area contributed by atoms with Crippen molar-refractivity contribution >= 4 is 11.0 Å². The highest BCUT2D eigenvalue weighted by Gasteiger charge is 2.12. The molecule has 96 valence electrons. The van der Waals surface area contributed by atoms with Crippen LogP contribution in [0.5, 0.6) is 0 Å². The molecule has 0 spiro atoms. The Morgan fingerprint density at radius 1 is 1.00 bits per heavy atom. The lowest BCUT2D eigenvalue weighted by Gasteiger charge is -2.01. The fraction of sp³-hybridized carbons (Fsp3) is 0.154. The minimum atomic E-state index is -0.379. The first-order valence-corrected chi connectivity index (χ1v) is 5.80. The lowest BCUT2D eigenvalue weighted by Crippen LogP contribution is -2.36. The van der Waals surface area contributed by atoms with Crippen molar-refractivity contribution in [2.45, 2.75) is 0 Å². The number of aryl methyl sites for hydroxylation is 1. The molecule has 0 saturated heterocycles. The van der Waals surface area contributed by atoms with Gasteiger partial charge in [-0.3, -0.25) is 13.9 Å². The SMILES string of the molecule is Cn1c(=O)c2cn(-c3ccccc3)nc2n(C)c1=O. The van der Waals surface area contributed by atoms with Crippen molar-refractivity contribution in [3.63, 3.8) is 0 Å². The van der Waals surface area contributed by atoms with Gasteiger partial charge in [0.15, 0.2) is 5.65 Å². The van der Waals surface area contributed by atoms with E-state index in [4.69, 9.17) is 0 Å². The summed E-state index contributed by atoms with van der Waals surface area (Å²) in [5.74, 6) is 0. The van der Waals surface area contributed by atoms with Crippen LogP contribution in [0.1, 0.15) is 0 Å². The third-order valence-corrected chi connectivity index (χ3v) is 3.14. The van der Waals surface area contributed by atoms with Gasteiger partial charge in [-0.15, -0.1) is 5.10 Å². The third-order valence-electron chi connectivity index (χ3n) is 3.14. The molecular formula is C13H12N4O2. The second-order valence-electron chi connectivity index (χ2n) is 4.35. The van der Waals surface area contributed by atoms with Crippen LogP contribution in [0.15, 0.2) is 46.1 Å².